The highest BCUT2D eigenvalue weighted by atomic mass is 35.5. The second-order valence-corrected chi connectivity index (χ2v) is 50.7. The topological polar surface area (TPSA) is 115 Å². The number of benzene rings is 2. The molecule has 0 amide bonds. The fraction of sp³-hybridized carbons (Fsp3) is 0.576. The van der Waals surface area contributed by atoms with Crippen LogP contribution in [0.5, 0.6) is 0 Å². The van der Waals surface area contributed by atoms with E-state index < -0.39 is 5.24 Å². The smallest absolute Gasteiger partial charge is 0.333 e. The van der Waals surface area contributed by atoms with Gasteiger partial charge in [-0.2, -0.15) is 17.5 Å². The number of aliphatic hydroxyl groups excluding tert-OH is 1. The lowest BCUT2D eigenvalue weighted by molar-refractivity contribution is -0.139. The molecule has 10 heterocycles. The van der Waals surface area contributed by atoms with Gasteiger partial charge in [-0.3, -0.25) is 4.79 Å². The highest BCUT2D eigenvalue weighted by molar-refractivity contribution is 7.23. The molecule has 0 radical (unpaired) electrons. The number of carbonyl (C=O) groups excluding carboxylic acids is 2. The van der Waals surface area contributed by atoms with E-state index in [9.17, 15) is 9.59 Å². The number of aryl methyl sites for hydroxylation is 12. The van der Waals surface area contributed by atoms with Crippen LogP contribution < -0.4 is 0 Å². The first-order valence-electron chi connectivity index (χ1n) is 53.0. The van der Waals surface area contributed by atoms with Crippen molar-refractivity contribution in [3.05, 3.63) is 181 Å². The Morgan fingerprint density at radius 2 is 0.547 bits per heavy atom. The molecule has 0 saturated carbocycles. The predicted octanol–water partition coefficient (Wildman–Crippen LogP) is 40.8. The van der Waals surface area contributed by atoms with E-state index in [-0.39, 0.29) is 5.97 Å². The molecule has 2 aliphatic carbocycles. The van der Waals surface area contributed by atoms with Gasteiger partial charge in [0.1, 0.15) is 22.1 Å². The highest BCUT2D eigenvalue weighted by Gasteiger charge is 2.46. The normalized spacial score (nSPS) is 12.5. The monoisotopic (exact) mass is 2060 g/mol. The van der Waals surface area contributed by atoms with E-state index in [1.807, 2.05) is 90.7 Å². The summed E-state index contributed by atoms with van der Waals surface area (Å²) in [6, 6.07) is 28.8. The van der Waals surface area contributed by atoms with Gasteiger partial charge in [0.2, 0.25) is 5.24 Å². The van der Waals surface area contributed by atoms with Crippen molar-refractivity contribution in [1.29, 1.82) is 0 Å². The number of ether oxygens (including phenoxy) is 1. The maximum atomic E-state index is 11.4. The second-order valence-electron chi connectivity index (χ2n) is 39.3. The molecule has 2 aromatic carbocycles. The first-order chi connectivity index (χ1) is 66.4. The Kier molecular flexibility index (Phi) is 49.5. The van der Waals surface area contributed by atoms with Gasteiger partial charge in [0.05, 0.1) is 30.1 Å². The van der Waals surface area contributed by atoms with Crippen molar-refractivity contribution in [3.63, 3.8) is 0 Å². The largest absolute Gasteiger partial charge is 0.462 e. The minimum Gasteiger partial charge on any atom is -0.462 e. The second kappa shape index (κ2) is 59.7. The molecule has 748 valence electrons. The summed E-state index contributed by atoms with van der Waals surface area (Å²) in [7, 11) is 0. The van der Waals surface area contributed by atoms with E-state index in [1.165, 1.54) is 396 Å². The summed E-state index contributed by atoms with van der Waals surface area (Å²) in [6.45, 7) is 43.0. The van der Waals surface area contributed by atoms with E-state index in [2.05, 4.69) is 183 Å². The Morgan fingerprint density at radius 1 is 0.321 bits per heavy atom. The maximum absolute atomic E-state index is 11.4. The van der Waals surface area contributed by atoms with Crippen molar-refractivity contribution in [2.75, 3.05) is 13.2 Å². The summed E-state index contributed by atoms with van der Waals surface area (Å²) >= 11 is 23.3. The first-order valence-corrected chi connectivity index (χ1v) is 61.4. The summed E-state index contributed by atoms with van der Waals surface area (Å²) in [4.78, 5) is 44.6. The first kappa shape index (κ1) is 113. The molecule has 10 aromatic heterocycles. The minimum atomic E-state index is -0.463. The van der Waals surface area contributed by atoms with Gasteiger partial charge in [-0.1, -0.05) is 297 Å². The van der Waals surface area contributed by atoms with E-state index in [0.29, 0.717) is 35.2 Å². The molecular formula is C118H165ClN4O4S10. The third-order valence-electron chi connectivity index (χ3n) is 27.9. The lowest BCUT2D eigenvalue weighted by Crippen LogP contribution is -2.25. The number of carbonyl (C=O) groups is 2. The van der Waals surface area contributed by atoms with Gasteiger partial charge in [-0.25, -0.2) is 4.79 Å². The van der Waals surface area contributed by atoms with E-state index >= 15 is 0 Å². The lowest BCUT2D eigenvalue weighted by atomic mass is 9.71. The minimum absolute atomic E-state index is 0.279. The average Bonchev–Trinajstić information content (AvgIpc) is 1.55. The van der Waals surface area contributed by atoms with Crippen LogP contribution in [0.15, 0.2) is 97.1 Å². The van der Waals surface area contributed by atoms with Gasteiger partial charge in [0.15, 0.2) is 0 Å². The van der Waals surface area contributed by atoms with Crippen molar-refractivity contribution < 1.29 is 19.4 Å². The molecule has 19 heteroatoms. The number of thiophene rings is 8. The van der Waals surface area contributed by atoms with Gasteiger partial charge in [0, 0.05) is 129 Å². The van der Waals surface area contributed by atoms with Crippen molar-refractivity contribution in [3.8, 4) is 61.3 Å². The summed E-state index contributed by atoms with van der Waals surface area (Å²) in [5, 5.41) is 8.47. The summed E-state index contributed by atoms with van der Waals surface area (Å²) in [6.07, 6.45) is 62.0. The molecule has 0 atom stereocenters. The van der Waals surface area contributed by atoms with Crippen LogP contribution in [0.4, 0.5) is 0 Å². The van der Waals surface area contributed by atoms with Gasteiger partial charge in [-0.15, -0.1) is 90.7 Å². The molecule has 12 aromatic rings. The number of fused-ring (bicyclic) bond motifs is 8. The number of unbranched alkanes of at least 4 members (excludes halogenated alkanes) is 32. The fourth-order valence-corrected chi connectivity index (χ4v) is 30.4. The maximum Gasteiger partial charge on any atom is 0.333 e. The van der Waals surface area contributed by atoms with Crippen LogP contribution in [0.3, 0.4) is 0 Å². The van der Waals surface area contributed by atoms with E-state index in [1.54, 1.807) is 55.6 Å². The molecule has 0 spiro atoms. The zero-order valence-corrected chi connectivity index (χ0v) is 95.5. The molecule has 0 saturated heterocycles. The standard InChI is InChI=1S/C36H48N2O2S3.C32H44N2OS3.2C23H34S2.C4H5ClO/c1-6-7-8-9-12-15-18-28-23-32(41-26(28)4)30-20-21-31(35-34(30)37-43-38-35)33-24-29(27(5)42-33)19-16-13-10-11-14-17-22-40-36(39)25(2)3;1-4-5-6-7-10-13-16-25-21-29(36-23(25)2)27-18-19-28(32-31(27)33-38-34-32)30-22-26(24(3)37-30)17-14-11-8-9-12-15-20-35;2*1-5-7-9-11-13-23(14-12-10-8-6-2)19-15-17(3)24-21(19)22-20(23)16-18(4)25-22;1-3(2)4(5)6/h20-21,23-24H,2,6-19,22H2,1,3-5H3;18-19,21-22,35H,4-17,20H2,1-3H3;2*15-16H,5-14H2,1-4H3;1H2,2H3. The van der Waals surface area contributed by atoms with Crippen LogP contribution >= 0.6 is 126 Å². The molecule has 14 rings (SSSR count). The zero-order valence-electron chi connectivity index (χ0n) is 86.6. The van der Waals surface area contributed by atoms with Gasteiger partial charge in [0.25, 0.3) is 0 Å². The lowest BCUT2D eigenvalue weighted by Gasteiger charge is -2.31. The van der Waals surface area contributed by atoms with Crippen LogP contribution in [-0.4, -0.2) is 47.0 Å². The Labute approximate surface area is 872 Å². The number of halogens is 1. The molecule has 8 nitrogen and oxygen atoms in total. The SMILES string of the molecule is C=C(C)C(=O)Cl.C=C(C)C(=O)OCCCCCCCCc1cc(-c2ccc(-c3cc(CCCCCCCC)c(C)s3)c3nsnc23)sc1C.CCCCCCC1(CCCCCC)c2cc(C)sc2-c2sc(C)cc21.CCCCCCC1(CCCCCC)c2cc(C)sc2-c2sc(C)cc21.CCCCCCCCc1cc(-c2ccc(-c3cc(CCCCCCCCO)c(C)s3)c3nsnc23)sc1C. The van der Waals surface area contributed by atoms with E-state index in [4.69, 9.17) is 38.9 Å². The van der Waals surface area contributed by atoms with Crippen LogP contribution in [0.2, 0.25) is 0 Å². The molecule has 0 aliphatic heterocycles. The summed E-state index contributed by atoms with van der Waals surface area (Å²) in [5.74, 6) is -0.279. The Bertz CT molecular complexity index is 5400. The summed E-state index contributed by atoms with van der Waals surface area (Å²) in [5.41, 5.74) is 23.2. The molecular weight excluding hydrogens is 1890 g/mol. The average molecular weight is 2060 g/mol. The fourth-order valence-electron chi connectivity index (χ4n) is 20.1. The molecule has 2 aliphatic rings. The highest BCUT2D eigenvalue weighted by Crippen LogP contribution is 2.62. The van der Waals surface area contributed by atoms with Crippen molar-refractivity contribution in [2.24, 2.45) is 0 Å². The number of aliphatic hydroxyl groups is 1. The number of aromatic nitrogens is 4. The third kappa shape index (κ3) is 32.5. The van der Waals surface area contributed by atoms with Crippen molar-refractivity contribution in [1.82, 2.24) is 17.5 Å². The Morgan fingerprint density at radius 3 is 0.781 bits per heavy atom. The number of nitrogens with zero attached hydrogens (tertiary/aromatic N) is 4. The third-order valence-corrected chi connectivity index (χ3v) is 38.3. The number of rotatable bonds is 57. The van der Waals surface area contributed by atoms with Gasteiger partial charge in [-0.05, 0) is 264 Å². The van der Waals surface area contributed by atoms with Crippen LogP contribution in [0.1, 0.15) is 421 Å². The summed E-state index contributed by atoms with van der Waals surface area (Å²) < 4.78 is 24.3. The Balaban J connectivity index is 0.000000189. The van der Waals surface area contributed by atoms with Crippen LogP contribution in [-0.2, 0) is 50.8 Å². The van der Waals surface area contributed by atoms with Crippen LogP contribution in [0.25, 0.3) is 83.3 Å². The number of allylic oxidation sites excluding steroid dienone is 1. The molecule has 0 unspecified atom stereocenters. The zero-order chi connectivity index (χ0) is 98.2. The molecule has 137 heavy (non-hydrogen) atoms. The van der Waals surface area contributed by atoms with E-state index in [0.717, 1.165) is 60.6 Å². The number of hydrogen-bond donors (Lipinski definition) is 1. The van der Waals surface area contributed by atoms with Gasteiger partial charge >= 0.3 is 5.97 Å². The molecule has 0 bridgehead atoms. The predicted molar refractivity (Wildman–Crippen MR) is 613 cm³/mol. The Hall–Kier alpha value is -5.45. The molecule has 0 fully saturated rings. The molecule has 1 N–H and O–H groups in total. The van der Waals surface area contributed by atoms with Crippen molar-refractivity contribution >= 4 is 159 Å². The van der Waals surface area contributed by atoms with Crippen LogP contribution in [0, 0.1) is 55.4 Å². The van der Waals surface area contributed by atoms with Crippen molar-refractivity contribution in [2.45, 2.75) is 430 Å². The quantitative estimate of drug-likeness (QED) is 0.0173. The number of hydrogen-bond acceptors (Lipinski definition) is 18. The number of esters is 1. The van der Waals surface area contributed by atoms with Gasteiger partial charge < -0.3 is 9.84 Å².